The van der Waals surface area contributed by atoms with Gasteiger partial charge in [-0.15, -0.1) is 24.8 Å². The zero-order valence-corrected chi connectivity index (χ0v) is 16.3. The van der Waals surface area contributed by atoms with E-state index < -0.39 is 11.6 Å². The highest BCUT2D eigenvalue weighted by atomic mass is 35.5. The van der Waals surface area contributed by atoms with Crippen molar-refractivity contribution in [1.29, 1.82) is 0 Å². The van der Waals surface area contributed by atoms with Crippen LogP contribution in [0.5, 0.6) is 0 Å². The Labute approximate surface area is 165 Å². The molecule has 0 aromatic heterocycles. The van der Waals surface area contributed by atoms with Crippen molar-refractivity contribution in [1.82, 2.24) is 10.6 Å². The van der Waals surface area contributed by atoms with Crippen molar-refractivity contribution in [3.63, 3.8) is 0 Å². The minimum atomic E-state index is -0.548. The molecule has 2 heterocycles. The highest BCUT2D eigenvalue weighted by molar-refractivity contribution is 5.85. The smallest absolute Gasteiger partial charge is 0.220 e. The first-order valence-corrected chi connectivity index (χ1v) is 8.82. The Hall–Kier alpha value is -1.11. The molecule has 1 unspecified atom stereocenters. The Kier molecular flexibility index (Phi) is 9.61. The van der Waals surface area contributed by atoms with Gasteiger partial charge in [-0.3, -0.25) is 4.79 Å². The third kappa shape index (κ3) is 5.96. The lowest BCUT2D eigenvalue weighted by atomic mass is 9.93. The molecule has 0 bridgehead atoms. The van der Waals surface area contributed by atoms with E-state index in [2.05, 4.69) is 10.6 Å². The van der Waals surface area contributed by atoms with E-state index in [1.165, 1.54) is 18.2 Å². The highest BCUT2D eigenvalue weighted by Crippen LogP contribution is 2.27. The van der Waals surface area contributed by atoms with E-state index in [4.69, 9.17) is 0 Å². The Balaban J connectivity index is 0.00000169. The molecule has 1 aromatic carbocycles. The van der Waals surface area contributed by atoms with Crippen LogP contribution >= 0.6 is 24.8 Å². The molecule has 4 nitrogen and oxygen atoms in total. The summed E-state index contributed by atoms with van der Waals surface area (Å²) in [6, 6.07) is 3.86. The average molecular weight is 410 g/mol. The maximum absolute atomic E-state index is 13.8. The van der Waals surface area contributed by atoms with Gasteiger partial charge in [-0.2, -0.15) is 0 Å². The van der Waals surface area contributed by atoms with Crippen molar-refractivity contribution in [2.75, 3.05) is 31.1 Å². The van der Waals surface area contributed by atoms with Gasteiger partial charge >= 0.3 is 0 Å². The predicted octanol–water partition coefficient (Wildman–Crippen LogP) is 3.28. The van der Waals surface area contributed by atoms with Gasteiger partial charge in [0.25, 0.3) is 0 Å². The van der Waals surface area contributed by atoms with Crippen LogP contribution in [0.4, 0.5) is 14.5 Å². The number of rotatable bonds is 5. The first-order valence-electron chi connectivity index (χ1n) is 8.82. The van der Waals surface area contributed by atoms with Gasteiger partial charge < -0.3 is 15.5 Å². The van der Waals surface area contributed by atoms with Crippen molar-refractivity contribution >= 4 is 36.4 Å². The quantitative estimate of drug-likeness (QED) is 0.783. The second-order valence-electron chi connectivity index (χ2n) is 6.80. The summed E-state index contributed by atoms with van der Waals surface area (Å²) in [5.74, 6) is -0.417. The number of benzene rings is 1. The first kappa shape index (κ1) is 22.9. The van der Waals surface area contributed by atoms with Crippen molar-refractivity contribution in [3.05, 3.63) is 29.8 Å². The Morgan fingerprint density at radius 1 is 1.15 bits per heavy atom. The first-order chi connectivity index (χ1) is 11.6. The van der Waals surface area contributed by atoms with Crippen LogP contribution in [0, 0.1) is 17.6 Å². The van der Waals surface area contributed by atoms with E-state index in [1.807, 2.05) is 0 Å². The lowest BCUT2D eigenvalue weighted by molar-refractivity contribution is -0.122. The Morgan fingerprint density at radius 3 is 2.46 bits per heavy atom. The Morgan fingerprint density at radius 2 is 1.81 bits per heavy atom. The number of carbonyl (C=O) groups is 1. The monoisotopic (exact) mass is 409 g/mol. The van der Waals surface area contributed by atoms with E-state index in [0.29, 0.717) is 31.8 Å². The fraction of sp³-hybridized carbons (Fsp3) is 0.611. The molecule has 8 heteroatoms. The molecule has 0 spiro atoms. The van der Waals surface area contributed by atoms with Crippen molar-refractivity contribution in [2.24, 2.45) is 5.92 Å². The van der Waals surface area contributed by atoms with Gasteiger partial charge in [0.2, 0.25) is 5.91 Å². The molecule has 3 rings (SSSR count). The molecule has 0 saturated carbocycles. The fourth-order valence-corrected chi connectivity index (χ4v) is 3.68. The second kappa shape index (κ2) is 10.9. The summed E-state index contributed by atoms with van der Waals surface area (Å²) in [4.78, 5) is 13.8. The van der Waals surface area contributed by atoms with Crippen LogP contribution < -0.4 is 15.5 Å². The largest absolute Gasteiger partial charge is 0.365 e. The van der Waals surface area contributed by atoms with Crippen LogP contribution in [0.3, 0.4) is 0 Å². The third-order valence-corrected chi connectivity index (χ3v) is 5.05. The highest BCUT2D eigenvalue weighted by Gasteiger charge is 2.27. The number of anilines is 1. The van der Waals surface area contributed by atoms with Gasteiger partial charge in [0.1, 0.15) is 17.3 Å². The zero-order chi connectivity index (χ0) is 16.9. The van der Waals surface area contributed by atoms with Gasteiger partial charge in [-0.1, -0.05) is 6.07 Å². The van der Waals surface area contributed by atoms with E-state index in [1.54, 1.807) is 4.90 Å². The molecule has 1 atom stereocenters. The molecule has 1 amide bonds. The summed E-state index contributed by atoms with van der Waals surface area (Å²) in [6.45, 7) is 3.09. The molecule has 0 radical (unpaired) electrons. The molecule has 2 aliphatic rings. The van der Waals surface area contributed by atoms with Gasteiger partial charge in [0.15, 0.2) is 0 Å². The molecule has 2 fully saturated rings. The van der Waals surface area contributed by atoms with Gasteiger partial charge in [0, 0.05) is 25.6 Å². The molecule has 148 valence electrons. The molecular formula is C18H27Cl2F2N3O. The van der Waals surface area contributed by atoms with Crippen LogP contribution in [0.1, 0.15) is 32.1 Å². The van der Waals surface area contributed by atoms with Crippen molar-refractivity contribution in [3.8, 4) is 0 Å². The molecule has 2 aliphatic heterocycles. The summed E-state index contributed by atoms with van der Waals surface area (Å²) in [5.41, 5.74) is 0.0176. The summed E-state index contributed by atoms with van der Waals surface area (Å²) in [5, 5.41) is 6.34. The number of hydrogen-bond donors (Lipinski definition) is 2. The van der Waals surface area contributed by atoms with Crippen LogP contribution in [0.2, 0.25) is 0 Å². The number of hydrogen-bond acceptors (Lipinski definition) is 3. The number of piperidine rings is 1. The molecule has 2 saturated heterocycles. The van der Waals surface area contributed by atoms with Crippen LogP contribution in [0.15, 0.2) is 18.2 Å². The Bertz CT molecular complexity index is 565. The minimum Gasteiger partial charge on any atom is -0.365 e. The van der Waals surface area contributed by atoms with Crippen LogP contribution in [0.25, 0.3) is 0 Å². The normalized spacial score (nSPS) is 20.2. The number of halogens is 4. The van der Waals surface area contributed by atoms with E-state index in [9.17, 15) is 13.6 Å². The summed E-state index contributed by atoms with van der Waals surface area (Å²) in [6.07, 6.45) is 4.45. The van der Waals surface area contributed by atoms with Crippen molar-refractivity contribution in [2.45, 2.75) is 38.1 Å². The van der Waals surface area contributed by atoms with E-state index in [-0.39, 0.29) is 42.5 Å². The fourth-order valence-electron chi connectivity index (χ4n) is 3.68. The van der Waals surface area contributed by atoms with Crippen LogP contribution in [-0.2, 0) is 4.79 Å². The number of nitrogens with zero attached hydrogens (tertiary/aromatic N) is 1. The molecule has 2 N–H and O–H groups in total. The zero-order valence-electron chi connectivity index (χ0n) is 14.7. The minimum absolute atomic E-state index is 0. The summed E-state index contributed by atoms with van der Waals surface area (Å²) in [7, 11) is 0. The number of amides is 1. The molecular weight excluding hydrogens is 383 g/mol. The van der Waals surface area contributed by atoms with Gasteiger partial charge in [0.05, 0.1) is 0 Å². The van der Waals surface area contributed by atoms with Gasteiger partial charge in [-0.05, 0) is 56.8 Å². The second-order valence-corrected chi connectivity index (χ2v) is 6.80. The van der Waals surface area contributed by atoms with Crippen LogP contribution in [-0.4, -0.2) is 38.1 Å². The average Bonchev–Trinajstić information content (AvgIpc) is 3.02. The lowest BCUT2D eigenvalue weighted by Gasteiger charge is -2.23. The lowest BCUT2D eigenvalue weighted by Crippen LogP contribution is -2.37. The maximum atomic E-state index is 13.8. The maximum Gasteiger partial charge on any atom is 0.220 e. The predicted molar refractivity (Wildman–Crippen MR) is 104 cm³/mol. The third-order valence-electron chi connectivity index (χ3n) is 5.05. The van der Waals surface area contributed by atoms with Gasteiger partial charge in [-0.25, -0.2) is 8.78 Å². The van der Waals surface area contributed by atoms with E-state index in [0.717, 1.165) is 32.4 Å². The molecule has 26 heavy (non-hydrogen) atoms. The molecule has 0 aliphatic carbocycles. The number of nitrogens with one attached hydrogen (secondary N) is 2. The SMILES string of the molecule is Cl.Cl.O=C(CCC1CCNCC1)NC1CCN(c2c(F)cccc2F)C1. The summed E-state index contributed by atoms with van der Waals surface area (Å²) < 4.78 is 27.7. The standard InChI is InChI=1S/C18H25F2N3O.2ClH/c19-15-2-1-3-16(20)18(15)23-11-8-14(12-23)22-17(24)5-4-13-6-9-21-10-7-13;;/h1-3,13-14,21H,4-12H2,(H,22,24);2*1H. The van der Waals surface area contributed by atoms with E-state index >= 15 is 0 Å². The topological polar surface area (TPSA) is 44.4 Å². The summed E-state index contributed by atoms with van der Waals surface area (Å²) >= 11 is 0. The van der Waals surface area contributed by atoms with Crippen molar-refractivity contribution < 1.29 is 13.6 Å². The number of carbonyl (C=O) groups excluding carboxylic acids is 1. The molecule has 1 aromatic rings. The number of para-hydroxylation sites is 1.